The molecule has 118 valence electrons. The zero-order chi connectivity index (χ0) is 15.4. The van der Waals surface area contributed by atoms with Gasteiger partial charge in [-0.05, 0) is 25.3 Å². The predicted molar refractivity (Wildman–Crippen MR) is 84.4 cm³/mol. The van der Waals surface area contributed by atoms with Crippen molar-refractivity contribution in [1.29, 1.82) is 0 Å². The lowest BCUT2D eigenvalue weighted by Gasteiger charge is -2.32. The van der Waals surface area contributed by atoms with Crippen LogP contribution >= 0.6 is 11.3 Å². The molecule has 1 aliphatic rings. The van der Waals surface area contributed by atoms with Gasteiger partial charge in [-0.25, -0.2) is 9.97 Å². The van der Waals surface area contributed by atoms with Crippen LogP contribution in [0.2, 0.25) is 0 Å². The molecule has 0 radical (unpaired) electrons. The van der Waals surface area contributed by atoms with Gasteiger partial charge in [0.15, 0.2) is 5.13 Å². The molecule has 0 saturated carbocycles. The third-order valence-electron chi connectivity index (χ3n) is 3.73. The number of piperidine rings is 1. The Morgan fingerprint density at radius 2 is 2.45 bits per heavy atom. The van der Waals surface area contributed by atoms with Crippen LogP contribution in [0.3, 0.4) is 0 Å². The summed E-state index contributed by atoms with van der Waals surface area (Å²) in [5.41, 5.74) is 0. The number of amides is 1. The summed E-state index contributed by atoms with van der Waals surface area (Å²) in [7, 11) is 0. The molecule has 7 nitrogen and oxygen atoms in total. The standard InChI is InChI=1S/C14H20N6OS/c1-11(21)18-14-16-5-13(22-14)8-19-4-2-3-12(6-19)7-20-10-15-9-17-20/h5,9-10,12H,2-4,6-8H2,1H3,(H,16,18,21). The van der Waals surface area contributed by atoms with Crippen LogP contribution in [0.25, 0.3) is 0 Å². The molecule has 1 N–H and O–H groups in total. The van der Waals surface area contributed by atoms with Gasteiger partial charge in [0, 0.05) is 37.6 Å². The largest absolute Gasteiger partial charge is 0.302 e. The number of likely N-dealkylation sites (tertiary alicyclic amines) is 1. The van der Waals surface area contributed by atoms with Crippen molar-refractivity contribution in [2.45, 2.75) is 32.9 Å². The number of hydrogen-bond donors (Lipinski definition) is 1. The highest BCUT2D eigenvalue weighted by molar-refractivity contribution is 7.15. The van der Waals surface area contributed by atoms with Gasteiger partial charge in [0.2, 0.25) is 5.91 Å². The number of aromatic nitrogens is 4. The summed E-state index contributed by atoms with van der Waals surface area (Å²) in [5, 5.41) is 7.60. The summed E-state index contributed by atoms with van der Waals surface area (Å²) >= 11 is 1.55. The van der Waals surface area contributed by atoms with Gasteiger partial charge in [-0.3, -0.25) is 14.4 Å². The van der Waals surface area contributed by atoms with E-state index < -0.39 is 0 Å². The quantitative estimate of drug-likeness (QED) is 0.906. The minimum absolute atomic E-state index is 0.0771. The first kappa shape index (κ1) is 15.1. The van der Waals surface area contributed by atoms with Crippen LogP contribution in [0.5, 0.6) is 0 Å². The Balaban J connectivity index is 1.53. The summed E-state index contributed by atoms with van der Waals surface area (Å²) in [5.74, 6) is 0.532. The van der Waals surface area contributed by atoms with Crippen LogP contribution < -0.4 is 5.32 Å². The van der Waals surface area contributed by atoms with Gasteiger partial charge < -0.3 is 5.32 Å². The Bertz CT molecular complexity index is 611. The van der Waals surface area contributed by atoms with Gasteiger partial charge in [-0.1, -0.05) is 0 Å². The zero-order valence-corrected chi connectivity index (χ0v) is 13.4. The third-order valence-corrected chi connectivity index (χ3v) is 4.63. The van der Waals surface area contributed by atoms with Gasteiger partial charge in [0.25, 0.3) is 0 Å². The zero-order valence-electron chi connectivity index (χ0n) is 12.6. The van der Waals surface area contributed by atoms with E-state index in [1.54, 1.807) is 24.0 Å². The molecule has 3 heterocycles. The topological polar surface area (TPSA) is 75.9 Å². The lowest BCUT2D eigenvalue weighted by molar-refractivity contribution is -0.114. The van der Waals surface area contributed by atoms with E-state index >= 15 is 0 Å². The van der Waals surface area contributed by atoms with E-state index in [0.29, 0.717) is 11.0 Å². The van der Waals surface area contributed by atoms with E-state index in [1.807, 2.05) is 10.9 Å². The third kappa shape index (κ3) is 4.11. The van der Waals surface area contributed by atoms with Crippen LogP contribution in [0.15, 0.2) is 18.9 Å². The molecule has 2 aromatic rings. The van der Waals surface area contributed by atoms with Gasteiger partial charge in [0.1, 0.15) is 12.7 Å². The molecule has 1 atom stereocenters. The summed E-state index contributed by atoms with van der Waals surface area (Å²) in [6, 6.07) is 0. The van der Waals surface area contributed by atoms with Crippen LogP contribution in [0, 0.1) is 5.92 Å². The van der Waals surface area contributed by atoms with Crippen molar-refractivity contribution in [3.05, 3.63) is 23.7 Å². The van der Waals surface area contributed by atoms with Crippen molar-refractivity contribution in [1.82, 2.24) is 24.6 Å². The van der Waals surface area contributed by atoms with Crippen molar-refractivity contribution in [2.75, 3.05) is 18.4 Å². The number of nitrogens with one attached hydrogen (secondary N) is 1. The van der Waals surface area contributed by atoms with Crippen molar-refractivity contribution in [2.24, 2.45) is 5.92 Å². The SMILES string of the molecule is CC(=O)Nc1ncc(CN2CCCC(Cn3cncn3)C2)s1. The smallest absolute Gasteiger partial charge is 0.223 e. The second-order valence-electron chi connectivity index (χ2n) is 5.67. The van der Waals surface area contributed by atoms with E-state index in [0.717, 1.165) is 26.2 Å². The van der Waals surface area contributed by atoms with Crippen molar-refractivity contribution >= 4 is 22.4 Å². The Kier molecular flexibility index (Phi) is 4.79. The highest BCUT2D eigenvalue weighted by Gasteiger charge is 2.21. The summed E-state index contributed by atoms with van der Waals surface area (Å²) in [4.78, 5) is 22.9. The lowest BCUT2D eigenvalue weighted by atomic mass is 9.98. The molecule has 1 saturated heterocycles. The van der Waals surface area contributed by atoms with Crippen molar-refractivity contribution < 1.29 is 4.79 Å². The number of nitrogens with zero attached hydrogens (tertiary/aromatic N) is 5. The molecule has 8 heteroatoms. The number of carbonyl (C=O) groups is 1. The molecule has 1 amide bonds. The fourth-order valence-electron chi connectivity index (χ4n) is 2.84. The number of carbonyl (C=O) groups excluding carboxylic acids is 1. The second-order valence-corrected chi connectivity index (χ2v) is 6.79. The minimum Gasteiger partial charge on any atom is -0.302 e. The molecule has 1 unspecified atom stereocenters. The lowest BCUT2D eigenvalue weighted by Crippen LogP contribution is -2.36. The fraction of sp³-hybridized carbons (Fsp3) is 0.571. The summed E-state index contributed by atoms with van der Waals surface area (Å²) in [6.07, 6.45) is 7.66. The predicted octanol–water partition coefficient (Wildman–Crippen LogP) is 1.61. The summed E-state index contributed by atoms with van der Waals surface area (Å²) in [6.45, 7) is 5.50. The van der Waals surface area contributed by atoms with E-state index in [1.165, 1.54) is 24.6 Å². The normalized spacial score (nSPS) is 19.2. The average Bonchev–Trinajstić information content (AvgIpc) is 3.11. The van der Waals surface area contributed by atoms with Crippen molar-refractivity contribution in [3.8, 4) is 0 Å². The molecule has 1 fully saturated rings. The first-order valence-corrected chi connectivity index (χ1v) is 8.28. The Morgan fingerprint density at radius 3 is 3.23 bits per heavy atom. The fourth-order valence-corrected chi connectivity index (χ4v) is 3.75. The Morgan fingerprint density at radius 1 is 1.55 bits per heavy atom. The molecule has 2 aromatic heterocycles. The van der Waals surface area contributed by atoms with Gasteiger partial charge in [-0.2, -0.15) is 5.10 Å². The molecular formula is C14H20N6OS. The Labute approximate surface area is 133 Å². The first-order chi connectivity index (χ1) is 10.7. The average molecular weight is 320 g/mol. The second kappa shape index (κ2) is 6.97. The highest BCUT2D eigenvalue weighted by Crippen LogP contribution is 2.23. The summed E-state index contributed by atoms with van der Waals surface area (Å²) < 4.78 is 1.91. The Hall–Kier alpha value is -1.80. The van der Waals surface area contributed by atoms with E-state index in [2.05, 4.69) is 25.3 Å². The molecule has 0 bridgehead atoms. The highest BCUT2D eigenvalue weighted by atomic mass is 32.1. The number of anilines is 1. The van der Waals surface area contributed by atoms with Crippen LogP contribution in [-0.2, 0) is 17.9 Å². The maximum absolute atomic E-state index is 11.0. The molecule has 22 heavy (non-hydrogen) atoms. The molecule has 0 aromatic carbocycles. The van der Waals surface area contributed by atoms with E-state index in [-0.39, 0.29) is 5.91 Å². The molecule has 1 aliphatic heterocycles. The maximum atomic E-state index is 11.0. The van der Waals surface area contributed by atoms with Crippen LogP contribution in [0.1, 0.15) is 24.6 Å². The molecular weight excluding hydrogens is 300 g/mol. The van der Waals surface area contributed by atoms with Crippen LogP contribution in [0.4, 0.5) is 5.13 Å². The minimum atomic E-state index is -0.0771. The van der Waals surface area contributed by atoms with Gasteiger partial charge >= 0.3 is 0 Å². The molecule has 0 aliphatic carbocycles. The van der Waals surface area contributed by atoms with Crippen molar-refractivity contribution in [3.63, 3.8) is 0 Å². The number of hydrogen-bond acceptors (Lipinski definition) is 6. The molecule has 0 spiro atoms. The first-order valence-electron chi connectivity index (χ1n) is 7.46. The number of thiazole rings is 1. The molecule has 3 rings (SSSR count). The van der Waals surface area contributed by atoms with E-state index in [9.17, 15) is 4.79 Å². The van der Waals surface area contributed by atoms with Gasteiger partial charge in [-0.15, -0.1) is 11.3 Å². The van der Waals surface area contributed by atoms with Crippen LogP contribution in [-0.4, -0.2) is 43.6 Å². The number of rotatable bonds is 5. The maximum Gasteiger partial charge on any atom is 0.223 e. The van der Waals surface area contributed by atoms with Gasteiger partial charge in [0.05, 0.1) is 0 Å². The van der Waals surface area contributed by atoms with E-state index in [4.69, 9.17) is 0 Å². The monoisotopic (exact) mass is 320 g/mol.